The number of rotatable bonds is 4. The van der Waals surface area contributed by atoms with Crippen molar-refractivity contribution < 1.29 is 8.42 Å². The number of hydrogen-bond acceptors (Lipinski definition) is 5. The number of halogens is 1. The molecule has 100 valence electrons. The zero-order valence-electron chi connectivity index (χ0n) is 9.75. The zero-order chi connectivity index (χ0) is 13.9. The second-order valence-corrected chi connectivity index (χ2v) is 5.76. The summed E-state index contributed by atoms with van der Waals surface area (Å²) in [4.78, 5) is 0.126. The Morgan fingerprint density at radius 3 is 2.32 bits per heavy atom. The SMILES string of the molecule is NCc1ccc(S(=O)(=O)Nc2ccc(Cl)nn2)cc1. The third-order valence-corrected chi connectivity index (χ3v) is 3.91. The van der Waals surface area contributed by atoms with Gasteiger partial charge in [0.05, 0.1) is 4.90 Å². The second-order valence-electron chi connectivity index (χ2n) is 3.69. The van der Waals surface area contributed by atoms with Crippen LogP contribution in [-0.2, 0) is 16.6 Å². The number of nitrogens with one attached hydrogen (secondary N) is 1. The number of sulfonamides is 1. The maximum Gasteiger partial charge on any atom is 0.263 e. The van der Waals surface area contributed by atoms with Crippen molar-refractivity contribution in [1.29, 1.82) is 0 Å². The van der Waals surface area contributed by atoms with E-state index in [1.165, 1.54) is 24.3 Å². The summed E-state index contributed by atoms with van der Waals surface area (Å²) in [5.41, 5.74) is 6.30. The van der Waals surface area contributed by atoms with Crippen molar-refractivity contribution in [3.63, 3.8) is 0 Å². The van der Waals surface area contributed by atoms with Gasteiger partial charge in [-0.2, -0.15) is 0 Å². The Morgan fingerprint density at radius 2 is 1.79 bits per heavy atom. The molecular formula is C11H11ClN4O2S. The standard InChI is InChI=1S/C11H11ClN4O2S/c12-10-5-6-11(15-14-10)16-19(17,18)9-3-1-8(7-13)2-4-9/h1-6H,7,13H2,(H,15,16). The zero-order valence-corrected chi connectivity index (χ0v) is 11.3. The molecule has 1 aromatic heterocycles. The van der Waals surface area contributed by atoms with Crippen LogP contribution < -0.4 is 10.5 Å². The van der Waals surface area contributed by atoms with Gasteiger partial charge < -0.3 is 5.73 Å². The molecule has 0 aliphatic carbocycles. The van der Waals surface area contributed by atoms with Crippen molar-refractivity contribution in [3.05, 3.63) is 47.1 Å². The Bertz CT molecular complexity index is 656. The predicted molar refractivity (Wildman–Crippen MR) is 72.2 cm³/mol. The topological polar surface area (TPSA) is 98.0 Å². The van der Waals surface area contributed by atoms with E-state index in [2.05, 4.69) is 14.9 Å². The number of benzene rings is 1. The molecule has 19 heavy (non-hydrogen) atoms. The van der Waals surface area contributed by atoms with E-state index < -0.39 is 10.0 Å². The predicted octanol–water partition coefficient (Wildman–Crippen LogP) is 1.39. The lowest BCUT2D eigenvalue weighted by Crippen LogP contribution is -2.14. The van der Waals surface area contributed by atoms with Gasteiger partial charge in [-0.25, -0.2) is 8.42 Å². The quantitative estimate of drug-likeness (QED) is 0.889. The molecule has 6 nitrogen and oxygen atoms in total. The van der Waals surface area contributed by atoms with Gasteiger partial charge in [0.1, 0.15) is 0 Å². The smallest absolute Gasteiger partial charge is 0.263 e. The summed E-state index contributed by atoms with van der Waals surface area (Å²) in [6, 6.07) is 9.15. The molecule has 0 spiro atoms. The van der Waals surface area contributed by atoms with Crippen molar-refractivity contribution in [2.75, 3.05) is 4.72 Å². The van der Waals surface area contributed by atoms with Gasteiger partial charge in [0.2, 0.25) is 0 Å². The summed E-state index contributed by atoms with van der Waals surface area (Å²) in [5, 5.41) is 7.38. The van der Waals surface area contributed by atoms with Crippen molar-refractivity contribution in [2.24, 2.45) is 5.73 Å². The van der Waals surface area contributed by atoms with Crippen LogP contribution in [0.15, 0.2) is 41.3 Å². The summed E-state index contributed by atoms with van der Waals surface area (Å²) >= 11 is 5.57. The minimum Gasteiger partial charge on any atom is -0.326 e. The van der Waals surface area contributed by atoms with E-state index in [0.29, 0.717) is 6.54 Å². The maximum absolute atomic E-state index is 12.0. The third-order valence-electron chi connectivity index (χ3n) is 2.34. The molecule has 8 heteroatoms. The van der Waals surface area contributed by atoms with Crippen LogP contribution in [-0.4, -0.2) is 18.6 Å². The summed E-state index contributed by atoms with van der Waals surface area (Å²) in [6.45, 7) is 0.358. The summed E-state index contributed by atoms with van der Waals surface area (Å²) < 4.78 is 26.4. The van der Waals surface area contributed by atoms with Gasteiger partial charge in [-0.15, -0.1) is 10.2 Å². The van der Waals surface area contributed by atoms with Crippen molar-refractivity contribution >= 4 is 27.4 Å². The van der Waals surface area contributed by atoms with Crippen LogP contribution in [0.4, 0.5) is 5.82 Å². The summed E-state index contributed by atoms with van der Waals surface area (Å²) in [7, 11) is -3.69. The van der Waals surface area contributed by atoms with Gasteiger partial charge in [0, 0.05) is 6.54 Å². The van der Waals surface area contributed by atoms with E-state index in [9.17, 15) is 8.42 Å². The Hall–Kier alpha value is -1.70. The van der Waals surface area contributed by atoms with Gasteiger partial charge in [-0.3, -0.25) is 4.72 Å². The molecule has 3 N–H and O–H groups in total. The number of hydrogen-bond donors (Lipinski definition) is 2. The highest BCUT2D eigenvalue weighted by Gasteiger charge is 2.14. The lowest BCUT2D eigenvalue weighted by molar-refractivity contribution is 0.601. The molecular weight excluding hydrogens is 288 g/mol. The number of anilines is 1. The lowest BCUT2D eigenvalue weighted by atomic mass is 10.2. The molecule has 0 radical (unpaired) electrons. The van der Waals surface area contributed by atoms with E-state index >= 15 is 0 Å². The first-order chi connectivity index (χ1) is 9.01. The molecule has 2 rings (SSSR count). The molecule has 0 saturated heterocycles. The average molecular weight is 299 g/mol. The van der Waals surface area contributed by atoms with Gasteiger partial charge in [0.25, 0.3) is 10.0 Å². The molecule has 0 saturated carbocycles. The molecule has 1 heterocycles. The second kappa shape index (κ2) is 5.52. The minimum absolute atomic E-state index is 0.104. The Kier molecular flexibility index (Phi) is 3.98. The van der Waals surface area contributed by atoms with Gasteiger partial charge >= 0.3 is 0 Å². The van der Waals surface area contributed by atoms with Crippen LogP contribution in [0.3, 0.4) is 0 Å². The van der Waals surface area contributed by atoms with Gasteiger partial charge in [-0.1, -0.05) is 23.7 Å². The highest BCUT2D eigenvalue weighted by molar-refractivity contribution is 7.92. The first-order valence-corrected chi connectivity index (χ1v) is 7.18. The van der Waals surface area contributed by atoms with E-state index in [1.807, 2.05) is 0 Å². The number of nitrogens with two attached hydrogens (primary N) is 1. The number of nitrogens with zero attached hydrogens (tertiary/aromatic N) is 2. The fourth-order valence-corrected chi connectivity index (χ4v) is 2.47. The molecule has 0 bridgehead atoms. The average Bonchev–Trinajstić information content (AvgIpc) is 2.41. The van der Waals surface area contributed by atoms with Crippen LogP contribution in [0.25, 0.3) is 0 Å². The van der Waals surface area contributed by atoms with Crippen molar-refractivity contribution in [2.45, 2.75) is 11.4 Å². The molecule has 2 aromatic rings. The molecule has 0 unspecified atom stereocenters. The molecule has 0 fully saturated rings. The van der Waals surface area contributed by atoms with Crippen LogP contribution >= 0.6 is 11.6 Å². The first-order valence-electron chi connectivity index (χ1n) is 5.32. The van der Waals surface area contributed by atoms with Crippen molar-refractivity contribution in [1.82, 2.24) is 10.2 Å². The fourth-order valence-electron chi connectivity index (χ4n) is 1.37. The van der Waals surface area contributed by atoms with Gasteiger partial charge in [0.15, 0.2) is 11.0 Å². The van der Waals surface area contributed by atoms with Gasteiger partial charge in [-0.05, 0) is 29.8 Å². The van der Waals surface area contributed by atoms with E-state index in [-0.39, 0.29) is 15.9 Å². The Labute approximate surface area is 115 Å². The van der Waals surface area contributed by atoms with E-state index in [1.54, 1.807) is 12.1 Å². The van der Waals surface area contributed by atoms with Crippen LogP contribution in [0.5, 0.6) is 0 Å². The largest absolute Gasteiger partial charge is 0.326 e. The van der Waals surface area contributed by atoms with Crippen molar-refractivity contribution in [3.8, 4) is 0 Å². The lowest BCUT2D eigenvalue weighted by Gasteiger charge is -2.07. The normalized spacial score (nSPS) is 11.3. The monoisotopic (exact) mass is 298 g/mol. The molecule has 1 aromatic carbocycles. The Balaban J connectivity index is 2.24. The molecule has 0 amide bonds. The van der Waals surface area contributed by atoms with Crippen LogP contribution in [0, 0.1) is 0 Å². The Morgan fingerprint density at radius 1 is 1.11 bits per heavy atom. The minimum atomic E-state index is -3.69. The third kappa shape index (κ3) is 3.40. The maximum atomic E-state index is 12.0. The van der Waals surface area contributed by atoms with E-state index in [0.717, 1.165) is 5.56 Å². The van der Waals surface area contributed by atoms with Crippen LogP contribution in [0.1, 0.15) is 5.56 Å². The highest BCUT2D eigenvalue weighted by atomic mass is 35.5. The molecule has 0 aliphatic heterocycles. The number of aromatic nitrogens is 2. The summed E-state index contributed by atoms with van der Waals surface area (Å²) in [6.07, 6.45) is 0. The molecule has 0 atom stereocenters. The highest BCUT2D eigenvalue weighted by Crippen LogP contribution is 2.15. The molecule has 0 aliphatic rings. The van der Waals surface area contributed by atoms with E-state index in [4.69, 9.17) is 17.3 Å². The first kappa shape index (κ1) is 13.7. The van der Waals surface area contributed by atoms with Crippen LogP contribution in [0.2, 0.25) is 5.15 Å². The fraction of sp³-hybridized carbons (Fsp3) is 0.0909. The summed E-state index contributed by atoms with van der Waals surface area (Å²) in [5.74, 6) is 0.104.